The maximum atomic E-state index is 10.2. The molecule has 4 nitrogen and oxygen atoms in total. The molecule has 0 aliphatic rings. The number of aliphatic hydroxyl groups is 1. The molecule has 0 fully saturated rings. The molecular weight excluding hydrogens is 305 g/mol. The molecule has 1 aromatic heterocycles. The Morgan fingerprint density at radius 2 is 2.24 bits per heavy atom. The average Bonchev–Trinajstić information content (AvgIpc) is 2.17. The van der Waals surface area contributed by atoms with E-state index in [1.54, 1.807) is 13.1 Å². The van der Waals surface area contributed by atoms with Crippen LogP contribution in [0.5, 0.6) is 0 Å². The minimum Gasteiger partial charge on any atom is -0.388 e. The van der Waals surface area contributed by atoms with Gasteiger partial charge in [-0.1, -0.05) is 13.8 Å². The number of rotatable bonds is 5. The van der Waals surface area contributed by atoms with Gasteiger partial charge in [0.05, 0.1) is 10.1 Å². The van der Waals surface area contributed by atoms with Crippen LogP contribution in [0.4, 0.5) is 5.82 Å². The van der Waals surface area contributed by atoms with Gasteiger partial charge in [-0.05, 0) is 46.8 Å². The van der Waals surface area contributed by atoms with E-state index in [9.17, 15) is 5.11 Å². The number of nitrogens with zero attached hydrogens (tertiary/aromatic N) is 2. The smallest absolute Gasteiger partial charge is 0.224 e. The van der Waals surface area contributed by atoms with Crippen molar-refractivity contribution in [1.82, 2.24) is 9.97 Å². The van der Waals surface area contributed by atoms with Gasteiger partial charge in [-0.15, -0.1) is 0 Å². The molecule has 0 radical (unpaired) electrons. The minimum absolute atomic E-state index is 0.180. The van der Waals surface area contributed by atoms with Crippen LogP contribution in [0.1, 0.15) is 27.2 Å². The first kappa shape index (κ1) is 14.7. The zero-order valence-electron chi connectivity index (χ0n) is 10.2. The van der Waals surface area contributed by atoms with Crippen LogP contribution in [-0.4, -0.2) is 27.2 Å². The molecule has 1 unspecified atom stereocenters. The van der Waals surface area contributed by atoms with Gasteiger partial charge in [-0.2, -0.15) is 4.98 Å². The summed E-state index contributed by atoms with van der Waals surface area (Å²) in [6.45, 7) is 6.37. The number of halogens is 2. The molecule has 0 aliphatic heterocycles. The van der Waals surface area contributed by atoms with Crippen molar-refractivity contribution in [3.63, 3.8) is 0 Å². The zero-order chi connectivity index (χ0) is 13.1. The third kappa shape index (κ3) is 5.19. The van der Waals surface area contributed by atoms with E-state index >= 15 is 0 Å². The molecule has 0 amide bonds. The number of nitrogens with one attached hydrogen (secondary N) is 1. The fourth-order valence-electron chi connectivity index (χ4n) is 1.70. The molecule has 1 aromatic rings. The molecule has 1 heterocycles. The molecule has 17 heavy (non-hydrogen) atoms. The van der Waals surface area contributed by atoms with Crippen LogP contribution in [-0.2, 0) is 0 Å². The highest BCUT2D eigenvalue weighted by atomic mass is 79.9. The van der Waals surface area contributed by atoms with Gasteiger partial charge in [-0.3, -0.25) is 0 Å². The molecule has 1 atom stereocenters. The van der Waals surface area contributed by atoms with E-state index in [1.165, 1.54) is 0 Å². The highest BCUT2D eigenvalue weighted by Crippen LogP contribution is 2.22. The second kappa shape index (κ2) is 5.98. The van der Waals surface area contributed by atoms with Crippen LogP contribution in [0.25, 0.3) is 0 Å². The summed E-state index contributed by atoms with van der Waals surface area (Å²) in [5.41, 5.74) is -0.773. The quantitative estimate of drug-likeness (QED) is 0.818. The summed E-state index contributed by atoms with van der Waals surface area (Å²) in [7, 11) is 0. The van der Waals surface area contributed by atoms with Crippen molar-refractivity contribution < 1.29 is 5.11 Å². The van der Waals surface area contributed by atoms with Gasteiger partial charge in [0.2, 0.25) is 5.28 Å². The Kier molecular flexibility index (Phi) is 5.16. The maximum Gasteiger partial charge on any atom is 0.224 e. The van der Waals surface area contributed by atoms with Crippen LogP contribution in [0.2, 0.25) is 5.28 Å². The van der Waals surface area contributed by atoms with E-state index in [0.29, 0.717) is 18.3 Å². The van der Waals surface area contributed by atoms with Gasteiger partial charge in [-0.25, -0.2) is 4.98 Å². The van der Waals surface area contributed by atoms with Gasteiger partial charge in [0.15, 0.2) is 0 Å². The summed E-state index contributed by atoms with van der Waals surface area (Å²) in [4.78, 5) is 7.88. The Morgan fingerprint density at radius 3 is 2.82 bits per heavy atom. The first-order valence-corrected chi connectivity index (χ1v) is 6.61. The van der Waals surface area contributed by atoms with Gasteiger partial charge in [0.25, 0.3) is 0 Å². The van der Waals surface area contributed by atoms with Crippen molar-refractivity contribution in [2.24, 2.45) is 5.92 Å². The van der Waals surface area contributed by atoms with Crippen molar-refractivity contribution in [3.8, 4) is 0 Å². The fourth-order valence-corrected chi connectivity index (χ4v) is 2.16. The molecule has 6 heteroatoms. The fraction of sp³-hybridized carbons (Fsp3) is 0.636. The summed E-state index contributed by atoms with van der Waals surface area (Å²) < 4.78 is 0.724. The number of aromatic nitrogens is 2. The normalized spacial score (nSPS) is 14.8. The summed E-state index contributed by atoms with van der Waals surface area (Å²) >= 11 is 9.03. The van der Waals surface area contributed by atoms with E-state index < -0.39 is 5.60 Å². The molecular formula is C11H17BrClN3O. The lowest BCUT2D eigenvalue weighted by atomic mass is 9.94. The molecule has 0 spiro atoms. The van der Waals surface area contributed by atoms with Gasteiger partial charge in [0, 0.05) is 12.7 Å². The molecule has 0 aromatic carbocycles. The lowest BCUT2D eigenvalue weighted by molar-refractivity contribution is 0.0514. The maximum absolute atomic E-state index is 10.2. The van der Waals surface area contributed by atoms with Gasteiger partial charge in [0.1, 0.15) is 5.82 Å². The Morgan fingerprint density at radius 1 is 1.59 bits per heavy atom. The average molecular weight is 323 g/mol. The van der Waals surface area contributed by atoms with E-state index in [1.807, 2.05) is 0 Å². The topological polar surface area (TPSA) is 58.0 Å². The second-order valence-corrected chi connectivity index (χ2v) is 5.98. The van der Waals surface area contributed by atoms with Gasteiger partial charge < -0.3 is 10.4 Å². The first-order chi connectivity index (χ1) is 7.80. The van der Waals surface area contributed by atoms with Crippen LogP contribution in [0, 0.1) is 5.92 Å². The highest BCUT2D eigenvalue weighted by molar-refractivity contribution is 9.10. The summed E-state index contributed by atoms with van der Waals surface area (Å²) in [5, 5.41) is 13.4. The van der Waals surface area contributed by atoms with Crippen LogP contribution in [0.15, 0.2) is 10.7 Å². The molecule has 0 aliphatic carbocycles. The molecule has 0 bridgehead atoms. The number of anilines is 1. The first-order valence-electron chi connectivity index (χ1n) is 5.44. The van der Waals surface area contributed by atoms with E-state index in [4.69, 9.17) is 11.6 Å². The third-order valence-electron chi connectivity index (χ3n) is 2.20. The van der Waals surface area contributed by atoms with Crippen molar-refractivity contribution in [2.75, 3.05) is 11.9 Å². The predicted octanol–water partition coefficient (Wildman–Crippen LogP) is 3.10. The second-order valence-electron chi connectivity index (χ2n) is 4.78. The minimum atomic E-state index is -0.773. The summed E-state index contributed by atoms with van der Waals surface area (Å²) in [6, 6.07) is 0. The molecule has 2 N–H and O–H groups in total. The molecule has 96 valence electrons. The largest absolute Gasteiger partial charge is 0.388 e. The Labute approximate surface area is 115 Å². The molecule has 0 saturated heterocycles. The van der Waals surface area contributed by atoms with Crippen molar-refractivity contribution in [3.05, 3.63) is 16.0 Å². The van der Waals surface area contributed by atoms with Crippen LogP contribution < -0.4 is 5.32 Å². The van der Waals surface area contributed by atoms with Crippen LogP contribution in [0.3, 0.4) is 0 Å². The van der Waals surface area contributed by atoms with Gasteiger partial charge >= 0.3 is 0 Å². The summed E-state index contributed by atoms with van der Waals surface area (Å²) in [5.74, 6) is 1.03. The molecule has 1 rings (SSSR count). The third-order valence-corrected chi connectivity index (χ3v) is 2.96. The van der Waals surface area contributed by atoms with Crippen LogP contribution >= 0.6 is 27.5 Å². The summed E-state index contributed by atoms with van der Waals surface area (Å²) in [6.07, 6.45) is 2.30. The molecule has 0 saturated carbocycles. The SMILES string of the molecule is CC(C)CC(C)(O)CNc1nc(Cl)ncc1Br. The predicted molar refractivity (Wildman–Crippen MR) is 73.3 cm³/mol. The standard InChI is InChI=1S/C11H17BrClN3O/c1-7(2)4-11(3,17)6-15-9-8(12)5-14-10(13)16-9/h5,7,17H,4,6H2,1-3H3,(H,14,15,16). The lowest BCUT2D eigenvalue weighted by Crippen LogP contribution is -2.35. The van der Waals surface area contributed by atoms with Crippen molar-refractivity contribution in [1.29, 1.82) is 0 Å². The Balaban J connectivity index is 2.63. The Hall–Kier alpha value is -0.390. The zero-order valence-corrected chi connectivity index (χ0v) is 12.5. The highest BCUT2D eigenvalue weighted by Gasteiger charge is 2.22. The monoisotopic (exact) mass is 321 g/mol. The van der Waals surface area contributed by atoms with Crippen molar-refractivity contribution >= 4 is 33.3 Å². The number of hydrogen-bond donors (Lipinski definition) is 2. The lowest BCUT2D eigenvalue weighted by Gasteiger charge is -2.26. The van der Waals surface area contributed by atoms with E-state index in [-0.39, 0.29) is 5.28 Å². The number of hydrogen-bond acceptors (Lipinski definition) is 4. The van der Waals surface area contributed by atoms with E-state index in [2.05, 4.69) is 45.1 Å². The van der Waals surface area contributed by atoms with E-state index in [0.717, 1.165) is 10.9 Å². The van der Waals surface area contributed by atoms with Crippen molar-refractivity contribution in [2.45, 2.75) is 32.8 Å². The Bertz CT molecular complexity index is 385.